The highest BCUT2D eigenvalue weighted by molar-refractivity contribution is 8.00. The van der Waals surface area contributed by atoms with Crippen molar-refractivity contribution in [2.75, 3.05) is 32.8 Å². The molecule has 1 atom stereocenters. The van der Waals surface area contributed by atoms with Gasteiger partial charge in [-0.3, -0.25) is 4.79 Å². The van der Waals surface area contributed by atoms with Gasteiger partial charge in [0.2, 0.25) is 11.1 Å². The van der Waals surface area contributed by atoms with E-state index in [2.05, 4.69) is 15.5 Å². The Morgan fingerprint density at radius 1 is 0.833 bits per heavy atom. The number of hydrogen-bond acceptors (Lipinski definition) is 9. The van der Waals surface area contributed by atoms with Crippen molar-refractivity contribution in [3.05, 3.63) is 65.7 Å². The minimum absolute atomic E-state index is 0.182. The van der Waals surface area contributed by atoms with Gasteiger partial charge in [0.1, 0.15) is 11.4 Å². The van der Waals surface area contributed by atoms with Crippen LogP contribution in [0, 0.1) is 0 Å². The average Bonchev–Trinajstić information content (AvgIpc) is 3.00. The summed E-state index contributed by atoms with van der Waals surface area (Å²) in [7, 11) is 3.17. The number of halogens is 1. The topological polar surface area (TPSA) is 105 Å². The van der Waals surface area contributed by atoms with Gasteiger partial charge in [0.25, 0.3) is 0 Å². The number of carbonyl (C=O) groups excluding carboxylic acids is 1. The predicted molar refractivity (Wildman–Crippen MR) is 166 cm³/mol. The van der Waals surface area contributed by atoms with E-state index >= 15 is 0 Å². The molecule has 42 heavy (non-hydrogen) atoms. The maximum atomic E-state index is 13.1. The summed E-state index contributed by atoms with van der Waals surface area (Å²) in [6.45, 7) is 6.76. The highest BCUT2D eigenvalue weighted by Gasteiger charge is 2.23. The number of benzene rings is 3. The molecule has 220 valence electrons. The third kappa shape index (κ3) is 7.43. The number of thioether (sulfide) groups is 1. The van der Waals surface area contributed by atoms with Gasteiger partial charge in [-0.2, -0.15) is 0 Å². The Bertz CT molecular complexity index is 1540. The second kappa shape index (κ2) is 14.7. The highest BCUT2D eigenvalue weighted by Crippen LogP contribution is 2.39. The third-order valence-corrected chi connectivity index (χ3v) is 7.59. The smallest absolute Gasteiger partial charge is 0.237 e. The number of nitrogens with one attached hydrogen (secondary N) is 1. The number of rotatable bonds is 13. The molecule has 9 nitrogen and oxygen atoms in total. The Labute approximate surface area is 254 Å². The van der Waals surface area contributed by atoms with Crippen LogP contribution >= 0.6 is 23.4 Å². The lowest BCUT2D eigenvalue weighted by Crippen LogP contribution is -2.25. The van der Waals surface area contributed by atoms with E-state index in [9.17, 15) is 4.79 Å². The van der Waals surface area contributed by atoms with E-state index in [0.717, 1.165) is 11.1 Å². The van der Waals surface area contributed by atoms with Gasteiger partial charge in [0.05, 0.1) is 32.7 Å². The van der Waals surface area contributed by atoms with E-state index in [1.54, 1.807) is 38.5 Å². The Kier molecular flexibility index (Phi) is 10.9. The number of hydrogen-bond donors (Lipinski definition) is 1. The van der Waals surface area contributed by atoms with Crippen molar-refractivity contribution in [3.63, 3.8) is 0 Å². The fraction of sp³-hybridized carbons (Fsp3) is 0.290. The van der Waals surface area contributed by atoms with E-state index in [0.29, 0.717) is 69.9 Å². The second-order valence-electron chi connectivity index (χ2n) is 8.90. The van der Waals surface area contributed by atoms with E-state index in [1.165, 1.54) is 11.8 Å². The number of nitrogens with zero attached hydrogens (tertiary/aromatic N) is 3. The van der Waals surface area contributed by atoms with Crippen LogP contribution in [0.15, 0.2) is 65.8 Å². The molecule has 11 heteroatoms. The molecule has 0 unspecified atom stereocenters. The Morgan fingerprint density at radius 2 is 1.45 bits per heavy atom. The zero-order valence-corrected chi connectivity index (χ0v) is 25.7. The summed E-state index contributed by atoms with van der Waals surface area (Å²) in [5.41, 5.74) is 3.19. The van der Waals surface area contributed by atoms with Crippen LogP contribution in [0.3, 0.4) is 0 Å². The van der Waals surface area contributed by atoms with Crippen LogP contribution < -0.4 is 24.3 Å². The fourth-order valence-electron chi connectivity index (χ4n) is 4.17. The van der Waals surface area contributed by atoms with Crippen LogP contribution in [0.2, 0.25) is 5.02 Å². The van der Waals surface area contributed by atoms with Crippen LogP contribution in [0.5, 0.6) is 23.0 Å². The molecule has 0 radical (unpaired) electrons. The van der Waals surface area contributed by atoms with Crippen molar-refractivity contribution in [2.45, 2.75) is 37.6 Å². The summed E-state index contributed by atoms with van der Waals surface area (Å²) in [4.78, 5) is 18.0. The molecule has 4 aromatic rings. The lowest BCUT2D eigenvalue weighted by atomic mass is 10.0. The average molecular weight is 609 g/mol. The molecular weight excluding hydrogens is 576 g/mol. The zero-order chi connectivity index (χ0) is 30.1. The van der Waals surface area contributed by atoms with Gasteiger partial charge in [0, 0.05) is 21.8 Å². The first-order valence-corrected chi connectivity index (χ1v) is 14.8. The molecule has 0 fully saturated rings. The molecule has 1 amide bonds. The molecular formula is C31H33ClN4O5S. The maximum Gasteiger partial charge on any atom is 0.237 e. The first-order chi connectivity index (χ1) is 20.4. The van der Waals surface area contributed by atoms with Crippen molar-refractivity contribution < 1.29 is 23.7 Å². The molecule has 1 heterocycles. The minimum Gasteiger partial charge on any atom is -0.493 e. The standard InChI is InChI=1S/C31H33ClN4O5S/c1-6-27(30(37)33-22-11-9-10-21(32)18-22)42-31-34-28(19-12-14-23(40-7-2)25(16-19)38-4)29(35-36-31)20-13-15-24(41-8-3)26(17-20)39-5/h9-18,27H,6-8H2,1-5H3,(H,33,37)/t27-/m0/s1. The zero-order valence-electron chi connectivity index (χ0n) is 24.1. The van der Waals surface area contributed by atoms with Gasteiger partial charge in [-0.15, -0.1) is 10.2 Å². The van der Waals surface area contributed by atoms with Crippen LogP contribution in [-0.4, -0.2) is 53.8 Å². The lowest BCUT2D eigenvalue weighted by Gasteiger charge is -2.16. The first-order valence-electron chi connectivity index (χ1n) is 13.5. The highest BCUT2D eigenvalue weighted by atomic mass is 35.5. The molecule has 0 aliphatic rings. The van der Waals surface area contributed by atoms with E-state index in [-0.39, 0.29) is 5.91 Å². The Hall–Kier alpha value is -4.02. The lowest BCUT2D eigenvalue weighted by molar-refractivity contribution is -0.115. The molecule has 0 saturated carbocycles. The summed E-state index contributed by atoms with van der Waals surface area (Å²) in [5, 5.41) is 12.3. The van der Waals surface area contributed by atoms with Gasteiger partial charge < -0.3 is 24.3 Å². The maximum absolute atomic E-state index is 13.1. The van der Waals surface area contributed by atoms with E-state index < -0.39 is 5.25 Å². The van der Waals surface area contributed by atoms with Crippen LogP contribution in [0.25, 0.3) is 22.5 Å². The molecule has 1 N–H and O–H groups in total. The van der Waals surface area contributed by atoms with E-state index in [1.807, 2.05) is 57.2 Å². The summed E-state index contributed by atoms with van der Waals surface area (Å²) in [5.74, 6) is 2.18. The largest absolute Gasteiger partial charge is 0.493 e. The molecule has 0 aliphatic heterocycles. The van der Waals surface area contributed by atoms with Gasteiger partial charge in [-0.05, 0) is 74.9 Å². The number of ether oxygens (including phenoxy) is 4. The van der Waals surface area contributed by atoms with Gasteiger partial charge in [0.15, 0.2) is 23.0 Å². The Morgan fingerprint density at radius 3 is 2.00 bits per heavy atom. The monoisotopic (exact) mass is 608 g/mol. The number of carbonyl (C=O) groups is 1. The van der Waals surface area contributed by atoms with Gasteiger partial charge in [-0.25, -0.2) is 4.98 Å². The van der Waals surface area contributed by atoms with Gasteiger partial charge in [-0.1, -0.05) is 36.4 Å². The summed E-state index contributed by atoms with van der Waals surface area (Å²) >= 11 is 7.33. The van der Waals surface area contributed by atoms with Crippen LogP contribution in [0.1, 0.15) is 27.2 Å². The minimum atomic E-state index is -0.468. The second-order valence-corrected chi connectivity index (χ2v) is 10.5. The van der Waals surface area contributed by atoms with Crippen molar-refractivity contribution >= 4 is 35.0 Å². The summed E-state index contributed by atoms with van der Waals surface area (Å²) in [6, 6.07) is 18.2. The number of aromatic nitrogens is 3. The van der Waals surface area contributed by atoms with Crippen molar-refractivity contribution in [1.82, 2.24) is 15.2 Å². The Balaban J connectivity index is 1.75. The normalized spacial score (nSPS) is 11.5. The van der Waals surface area contributed by atoms with Crippen molar-refractivity contribution in [2.24, 2.45) is 0 Å². The first kappa shape index (κ1) is 30.9. The predicted octanol–water partition coefficient (Wildman–Crippen LogP) is 7.18. The van der Waals surface area contributed by atoms with Crippen LogP contribution in [-0.2, 0) is 4.79 Å². The van der Waals surface area contributed by atoms with Crippen molar-refractivity contribution in [1.29, 1.82) is 0 Å². The molecule has 1 aromatic heterocycles. The molecule has 0 bridgehead atoms. The number of anilines is 1. The summed E-state index contributed by atoms with van der Waals surface area (Å²) in [6.07, 6.45) is 0.546. The fourth-order valence-corrected chi connectivity index (χ4v) is 5.18. The molecule has 3 aromatic carbocycles. The molecule has 4 rings (SSSR count). The van der Waals surface area contributed by atoms with Crippen LogP contribution in [0.4, 0.5) is 5.69 Å². The quantitative estimate of drug-likeness (QED) is 0.158. The molecule has 0 aliphatic carbocycles. The van der Waals surface area contributed by atoms with Crippen molar-refractivity contribution in [3.8, 4) is 45.5 Å². The van der Waals surface area contributed by atoms with Gasteiger partial charge >= 0.3 is 0 Å². The number of methoxy groups -OCH3 is 2. The van der Waals surface area contributed by atoms with E-state index in [4.69, 9.17) is 35.5 Å². The SMILES string of the molecule is CCOc1ccc(-c2nnc(S[C@@H](CC)C(=O)Nc3cccc(Cl)c3)nc2-c2ccc(OCC)c(OC)c2)cc1OC. The molecule has 0 saturated heterocycles. The molecule has 0 spiro atoms. The summed E-state index contributed by atoms with van der Waals surface area (Å²) < 4.78 is 22.6. The number of amides is 1. The third-order valence-electron chi connectivity index (χ3n) is 6.14.